The lowest BCUT2D eigenvalue weighted by Crippen LogP contribution is -2.27. The molecule has 0 bridgehead atoms. The SMILES string of the molecule is CC(C(=O)O)C(C)C(=O)c1ccc2c(c1)NC(=O)CO2. The number of amides is 1. The normalized spacial score (nSPS) is 16.4. The van der Waals surface area contributed by atoms with Crippen LogP contribution in [0.4, 0.5) is 5.69 Å². The Bertz CT molecular complexity index is 581. The number of ether oxygens (including phenoxy) is 1. The van der Waals surface area contributed by atoms with Crippen LogP contribution >= 0.6 is 0 Å². The number of hydrogen-bond acceptors (Lipinski definition) is 4. The maximum Gasteiger partial charge on any atom is 0.306 e. The third kappa shape index (κ3) is 2.64. The number of rotatable bonds is 4. The smallest absolute Gasteiger partial charge is 0.306 e. The van der Waals surface area contributed by atoms with Crippen LogP contribution in [0.15, 0.2) is 18.2 Å². The second kappa shape index (κ2) is 5.32. The highest BCUT2D eigenvalue weighted by atomic mass is 16.5. The highest BCUT2D eigenvalue weighted by Gasteiger charge is 2.27. The fourth-order valence-corrected chi connectivity index (χ4v) is 1.94. The molecule has 0 radical (unpaired) electrons. The molecule has 0 aromatic heterocycles. The first-order valence-electron chi connectivity index (χ1n) is 6.24. The quantitative estimate of drug-likeness (QED) is 0.815. The van der Waals surface area contributed by atoms with E-state index in [0.717, 1.165) is 0 Å². The summed E-state index contributed by atoms with van der Waals surface area (Å²) in [4.78, 5) is 34.4. The second-order valence-corrected chi connectivity index (χ2v) is 4.83. The summed E-state index contributed by atoms with van der Waals surface area (Å²) in [5.41, 5.74) is 0.789. The summed E-state index contributed by atoms with van der Waals surface area (Å²) < 4.78 is 5.20. The molecule has 2 atom stereocenters. The van der Waals surface area contributed by atoms with Crippen molar-refractivity contribution in [2.24, 2.45) is 11.8 Å². The van der Waals surface area contributed by atoms with Gasteiger partial charge in [0, 0.05) is 11.5 Å². The molecule has 1 aromatic rings. The number of carboxylic acid groups (broad SMARTS) is 1. The molecule has 0 fully saturated rings. The molecule has 6 heteroatoms. The standard InChI is InChI=1S/C14H15NO5/c1-7(8(2)14(18)19)13(17)9-3-4-11-10(5-9)15-12(16)6-20-11/h3-5,7-8H,6H2,1-2H3,(H,15,16)(H,18,19). The van der Waals surface area contributed by atoms with Crippen LogP contribution in [0.25, 0.3) is 0 Å². The highest BCUT2D eigenvalue weighted by Crippen LogP contribution is 2.30. The zero-order valence-corrected chi connectivity index (χ0v) is 11.2. The Morgan fingerprint density at radius 2 is 2.00 bits per heavy atom. The maximum absolute atomic E-state index is 12.2. The molecule has 2 unspecified atom stereocenters. The van der Waals surface area contributed by atoms with Gasteiger partial charge in [0.15, 0.2) is 12.4 Å². The Balaban J connectivity index is 2.25. The summed E-state index contributed by atoms with van der Waals surface area (Å²) in [5, 5.41) is 11.6. The van der Waals surface area contributed by atoms with Gasteiger partial charge in [-0.05, 0) is 18.2 Å². The van der Waals surface area contributed by atoms with Crippen LogP contribution in [0, 0.1) is 11.8 Å². The molecule has 1 aliphatic heterocycles. The zero-order chi connectivity index (χ0) is 14.9. The summed E-state index contributed by atoms with van der Waals surface area (Å²) in [6.07, 6.45) is 0. The molecule has 0 spiro atoms. The first-order valence-corrected chi connectivity index (χ1v) is 6.24. The van der Waals surface area contributed by atoms with Gasteiger partial charge < -0.3 is 15.2 Å². The van der Waals surface area contributed by atoms with Gasteiger partial charge in [-0.2, -0.15) is 0 Å². The topological polar surface area (TPSA) is 92.7 Å². The number of ketones is 1. The predicted octanol–water partition coefficient (Wildman–Crippen LogP) is 1.56. The Labute approximate surface area is 115 Å². The fourth-order valence-electron chi connectivity index (χ4n) is 1.94. The number of carbonyl (C=O) groups is 3. The second-order valence-electron chi connectivity index (χ2n) is 4.83. The van der Waals surface area contributed by atoms with Gasteiger partial charge in [-0.3, -0.25) is 14.4 Å². The Morgan fingerprint density at radius 3 is 2.65 bits per heavy atom. The lowest BCUT2D eigenvalue weighted by atomic mass is 9.88. The monoisotopic (exact) mass is 277 g/mol. The van der Waals surface area contributed by atoms with Crippen molar-refractivity contribution in [2.75, 3.05) is 11.9 Å². The minimum absolute atomic E-state index is 0.0489. The van der Waals surface area contributed by atoms with Crippen molar-refractivity contribution in [1.29, 1.82) is 0 Å². The molecule has 1 aliphatic rings. The third-order valence-corrected chi connectivity index (χ3v) is 3.45. The van der Waals surface area contributed by atoms with Gasteiger partial charge >= 0.3 is 5.97 Å². The van der Waals surface area contributed by atoms with E-state index in [1.807, 2.05) is 0 Å². The summed E-state index contributed by atoms with van der Waals surface area (Å²) in [6.45, 7) is 3.02. The molecule has 1 aromatic carbocycles. The summed E-state index contributed by atoms with van der Waals surface area (Å²) >= 11 is 0. The molecule has 1 heterocycles. The van der Waals surface area contributed by atoms with Gasteiger partial charge in [-0.1, -0.05) is 13.8 Å². The molecular weight excluding hydrogens is 262 g/mol. The number of benzene rings is 1. The van der Waals surface area contributed by atoms with Crippen LogP contribution in [0.1, 0.15) is 24.2 Å². The lowest BCUT2D eigenvalue weighted by molar-refractivity contribution is -0.142. The van der Waals surface area contributed by atoms with Crippen molar-refractivity contribution in [2.45, 2.75) is 13.8 Å². The number of nitrogens with one attached hydrogen (secondary N) is 1. The minimum atomic E-state index is -1.01. The number of anilines is 1. The van der Waals surface area contributed by atoms with Gasteiger partial charge in [-0.15, -0.1) is 0 Å². The van der Waals surface area contributed by atoms with Crippen molar-refractivity contribution < 1.29 is 24.2 Å². The number of carboxylic acids is 1. The number of Topliss-reactive ketones (excluding diaryl/α,β-unsaturated/α-hetero) is 1. The van der Waals surface area contributed by atoms with Crippen molar-refractivity contribution in [3.8, 4) is 5.75 Å². The van der Waals surface area contributed by atoms with E-state index in [1.54, 1.807) is 19.1 Å². The lowest BCUT2D eigenvalue weighted by Gasteiger charge is -2.20. The number of carbonyl (C=O) groups excluding carboxylic acids is 2. The summed E-state index contributed by atoms with van der Waals surface area (Å²) in [7, 11) is 0. The average molecular weight is 277 g/mol. The van der Waals surface area contributed by atoms with Crippen LogP contribution in [0.5, 0.6) is 5.75 Å². The predicted molar refractivity (Wildman–Crippen MR) is 70.9 cm³/mol. The van der Waals surface area contributed by atoms with Gasteiger partial charge in [0.05, 0.1) is 11.6 Å². The Morgan fingerprint density at radius 1 is 1.30 bits per heavy atom. The van der Waals surface area contributed by atoms with E-state index in [0.29, 0.717) is 17.0 Å². The molecule has 0 aliphatic carbocycles. The molecule has 20 heavy (non-hydrogen) atoms. The van der Waals surface area contributed by atoms with E-state index in [4.69, 9.17) is 9.84 Å². The van der Waals surface area contributed by atoms with E-state index in [1.165, 1.54) is 13.0 Å². The van der Waals surface area contributed by atoms with Gasteiger partial charge in [0.1, 0.15) is 5.75 Å². The fraction of sp³-hybridized carbons (Fsp3) is 0.357. The van der Waals surface area contributed by atoms with E-state index in [-0.39, 0.29) is 18.3 Å². The van der Waals surface area contributed by atoms with Crippen molar-refractivity contribution in [3.05, 3.63) is 23.8 Å². The molecule has 1 amide bonds. The van der Waals surface area contributed by atoms with E-state index < -0.39 is 17.8 Å². The molecule has 106 valence electrons. The Kier molecular flexibility index (Phi) is 3.74. The van der Waals surface area contributed by atoms with Crippen molar-refractivity contribution in [3.63, 3.8) is 0 Å². The van der Waals surface area contributed by atoms with Gasteiger partial charge in [0.25, 0.3) is 5.91 Å². The molecule has 2 rings (SSSR count). The molecule has 0 saturated heterocycles. The highest BCUT2D eigenvalue weighted by molar-refractivity contribution is 6.02. The largest absolute Gasteiger partial charge is 0.482 e. The summed E-state index contributed by atoms with van der Waals surface area (Å²) in [6, 6.07) is 4.68. The maximum atomic E-state index is 12.2. The van der Waals surface area contributed by atoms with E-state index >= 15 is 0 Å². The third-order valence-electron chi connectivity index (χ3n) is 3.45. The molecule has 2 N–H and O–H groups in total. The first kappa shape index (κ1) is 14.0. The van der Waals surface area contributed by atoms with Crippen LogP contribution in [0.3, 0.4) is 0 Å². The Hall–Kier alpha value is -2.37. The number of aliphatic carboxylic acids is 1. The molecular formula is C14H15NO5. The van der Waals surface area contributed by atoms with E-state index in [9.17, 15) is 14.4 Å². The van der Waals surface area contributed by atoms with Gasteiger partial charge in [-0.25, -0.2) is 0 Å². The number of hydrogen-bond donors (Lipinski definition) is 2. The molecule has 0 saturated carbocycles. The van der Waals surface area contributed by atoms with Crippen LogP contribution in [0.2, 0.25) is 0 Å². The van der Waals surface area contributed by atoms with Crippen LogP contribution in [-0.2, 0) is 9.59 Å². The average Bonchev–Trinajstić information content (AvgIpc) is 2.43. The van der Waals surface area contributed by atoms with Crippen molar-refractivity contribution >= 4 is 23.3 Å². The first-order chi connectivity index (χ1) is 9.40. The van der Waals surface area contributed by atoms with Crippen molar-refractivity contribution in [1.82, 2.24) is 0 Å². The van der Waals surface area contributed by atoms with Crippen LogP contribution in [-0.4, -0.2) is 29.4 Å². The van der Waals surface area contributed by atoms with Gasteiger partial charge in [0.2, 0.25) is 0 Å². The zero-order valence-electron chi connectivity index (χ0n) is 11.2. The summed E-state index contributed by atoms with van der Waals surface area (Å²) in [5.74, 6) is -2.49. The minimum Gasteiger partial charge on any atom is -0.482 e. The molecule has 6 nitrogen and oxygen atoms in total. The van der Waals surface area contributed by atoms with E-state index in [2.05, 4.69) is 5.32 Å². The van der Waals surface area contributed by atoms with Crippen LogP contribution < -0.4 is 10.1 Å². The number of fused-ring (bicyclic) bond motifs is 1.